The number of piperidine rings is 1. The first-order valence-corrected chi connectivity index (χ1v) is 6.14. The molecule has 2 heteroatoms. The first kappa shape index (κ1) is 10.4. The summed E-state index contributed by atoms with van der Waals surface area (Å²) in [6, 6.07) is 0.833. The zero-order valence-corrected chi connectivity index (χ0v) is 9.28. The second-order valence-electron chi connectivity index (χ2n) is 5.26. The van der Waals surface area contributed by atoms with Gasteiger partial charge in [-0.2, -0.15) is 0 Å². The highest BCUT2D eigenvalue weighted by Gasteiger charge is 2.30. The molecule has 1 aliphatic carbocycles. The third-order valence-corrected chi connectivity index (χ3v) is 3.99. The SMILES string of the molecule is C[C@@H]1CC[C@H](N2CCC[C@H](CO)C2)C1. The Labute approximate surface area is 87.3 Å². The van der Waals surface area contributed by atoms with E-state index in [1.165, 1.54) is 38.6 Å². The molecule has 82 valence electrons. The molecule has 2 nitrogen and oxygen atoms in total. The molecule has 14 heavy (non-hydrogen) atoms. The van der Waals surface area contributed by atoms with Crippen LogP contribution in [0.15, 0.2) is 0 Å². The fourth-order valence-electron chi connectivity index (χ4n) is 3.09. The number of aliphatic hydroxyl groups is 1. The van der Waals surface area contributed by atoms with Crippen molar-refractivity contribution in [3.05, 3.63) is 0 Å². The number of hydrogen-bond acceptors (Lipinski definition) is 2. The first-order valence-electron chi connectivity index (χ1n) is 6.14. The van der Waals surface area contributed by atoms with Gasteiger partial charge < -0.3 is 10.0 Å². The van der Waals surface area contributed by atoms with Gasteiger partial charge in [-0.25, -0.2) is 0 Å². The van der Waals surface area contributed by atoms with Crippen LogP contribution in [0.25, 0.3) is 0 Å². The number of rotatable bonds is 2. The maximum Gasteiger partial charge on any atom is 0.0471 e. The molecule has 0 aromatic carbocycles. The highest BCUT2D eigenvalue weighted by atomic mass is 16.3. The van der Waals surface area contributed by atoms with Crippen LogP contribution >= 0.6 is 0 Å². The highest BCUT2D eigenvalue weighted by Crippen LogP contribution is 2.31. The van der Waals surface area contributed by atoms with E-state index in [0.717, 1.165) is 18.5 Å². The lowest BCUT2D eigenvalue weighted by Crippen LogP contribution is -2.42. The van der Waals surface area contributed by atoms with E-state index in [0.29, 0.717) is 12.5 Å². The number of nitrogens with zero attached hydrogens (tertiary/aromatic N) is 1. The van der Waals surface area contributed by atoms with Gasteiger partial charge in [0, 0.05) is 19.2 Å². The molecule has 0 bridgehead atoms. The Morgan fingerprint density at radius 1 is 1.29 bits per heavy atom. The van der Waals surface area contributed by atoms with Gasteiger partial charge in [0.2, 0.25) is 0 Å². The highest BCUT2D eigenvalue weighted by molar-refractivity contribution is 4.84. The molecule has 1 saturated carbocycles. The van der Waals surface area contributed by atoms with Gasteiger partial charge in [-0.3, -0.25) is 0 Å². The van der Waals surface area contributed by atoms with E-state index in [-0.39, 0.29) is 0 Å². The zero-order chi connectivity index (χ0) is 9.97. The maximum atomic E-state index is 9.18. The quantitative estimate of drug-likeness (QED) is 0.730. The molecule has 2 fully saturated rings. The molecule has 0 amide bonds. The van der Waals surface area contributed by atoms with Crippen LogP contribution in [0.1, 0.15) is 39.0 Å². The summed E-state index contributed by atoms with van der Waals surface area (Å²) < 4.78 is 0. The minimum atomic E-state index is 0.388. The molecule has 2 rings (SSSR count). The van der Waals surface area contributed by atoms with E-state index in [9.17, 15) is 5.11 Å². The molecular formula is C12H23NO. The lowest BCUT2D eigenvalue weighted by molar-refractivity contribution is 0.0885. The minimum Gasteiger partial charge on any atom is -0.396 e. The average Bonchev–Trinajstić information content (AvgIpc) is 2.65. The van der Waals surface area contributed by atoms with Crippen molar-refractivity contribution in [2.24, 2.45) is 11.8 Å². The van der Waals surface area contributed by atoms with E-state index in [4.69, 9.17) is 0 Å². The predicted molar refractivity (Wildman–Crippen MR) is 58.2 cm³/mol. The molecular weight excluding hydrogens is 174 g/mol. The summed E-state index contributed by atoms with van der Waals surface area (Å²) in [5.74, 6) is 1.48. The molecule has 1 aliphatic heterocycles. The van der Waals surface area contributed by atoms with Crippen molar-refractivity contribution in [3.63, 3.8) is 0 Å². The van der Waals surface area contributed by atoms with Crippen LogP contribution < -0.4 is 0 Å². The molecule has 0 spiro atoms. The van der Waals surface area contributed by atoms with Crippen molar-refractivity contribution in [1.29, 1.82) is 0 Å². The predicted octanol–water partition coefficient (Wildman–Crippen LogP) is 1.88. The molecule has 0 radical (unpaired) electrons. The summed E-state index contributed by atoms with van der Waals surface area (Å²) in [5, 5.41) is 9.18. The van der Waals surface area contributed by atoms with Gasteiger partial charge >= 0.3 is 0 Å². The van der Waals surface area contributed by atoms with Crippen molar-refractivity contribution in [3.8, 4) is 0 Å². The van der Waals surface area contributed by atoms with Gasteiger partial charge in [-0.15, -0.1) is 0 Å². The third kappa shape index (κ3) is 2.29. The number of aliphatic hydroxyl groups excluding tert-OH is 1. The van der Waals surface area contributed by atoms with Crippen LogP contribution in [0.3, 0.4) is 0 Å². The Morgan fingerprint density at radius 2 is 2.14 bits per heavy atom. The third-order valence-electron chi connectivity index (χ3n) is 3.99. The Bertz CT molecular complexity index is 183. The first-order chi connectivity index (χ1) is 6.79. The molecule has 0 aromatic heterocycles. The van der Waals surface area contributed by atoms with Crippen LogP contribution in [0, 0.1) is 11.8 Å². The van der Waals surface area contributed by atoms with Crippen molar-refractivity contribution >= 4 is 0 Å². The summed E-state index contributed by atoms with van der Waals surface area (Å²) >= 11 is 0. The van der Waals surface area contributed by atoms with E-state index in [1.54, 1.807) is 0 Å². The number of hydrogen-bond donors (Lipinski definition) is 1. The molecule has 0 unspecified atom stereocenters. The van der Waals surface area contributed by atoms with E-state index in [2.05, 4.69) is 11.8 Å². The molecule has 1 N–H and O–H groups in total. The average molecular weight is 197 g/mol. The fourth-order valence-corrected chi connectivity index (χ4v) is 3.09. The molecule has 2 aliphatic rings. The summed E-state index contributed by atoms with van der Waals surface area (Å²) in [4.78, 5) is 2.63. The van der Waals surface area contributed by atoms with Crippen LogP contribution in [-0.2, 0) is 0 Å². The maximum absolute atomic E-state index is 9.18. The van der Waals surface area contributed by atoms with Gasteiger partial charge in [0.05, 0.1) is 0 Å². The van der Waals surface area contributed by atoms with Crippen molar-refractivity contribution < 1.29 is 5.11 Å². The van der Waals surface area contributed by atoms with E-state index < -0.39 is 0 Å². The summed E-state index contributed by atoms with van der Waals surface area (Å²) in [6.07, 6.45) is 6.70. The minimum absolute atomic E-state index is 0.388. The standard InChI is InChI=1S/C12H23NO/c1-10-4-5-12(7-10)13-6-2-3-11(8-13)9-14/h10-12,14H,2-9H2,1H3/t10-,11+,12+/m1/s1. The molecule has 1 saturated heterocycles. The summed E-state index contributed by atoms with van der Waals surface area (Å²) in [6.45, 7) is 5.17. The van der Waals surface area contributed by atoms with Gasteiger partial charge in [-0.1, -0.05) is 6.92 Å². The number of likely N-dealkylation sites (tertiary alicyclic amines) is 1. The topological polar surface area (TPSA) is 23.5 Å². The smallest absolute Gasteiger partial charge is 0.0471 e. The van der Waals surface area contributed by atoms with E-state index in [1.807, 2.05) is 0 Å². The lowest BCUT2D eigenvalue weighted by atomic mass is 9.97. The Morgan fingerprint density at radius 3 is 2.79 bits per heavy atom. The second kappa shape index (κ2) is 4.63. The van der Waals surface area contributed by atoms with Crippen molar-refractivity contribution in [1.82, 2.24) is 4.90 Å². The van der Waals surface area contributed by atoms with Gasteiger partial charge in [0.1, 0.15) is 0 Å². The van der Waals surface area contributed by atoms with Crippen LogP contribution in [0.4, 0.5) is 0 Å². The molecule has 3 atom stereocenters. The summed E-state index contributed by atoms with van der Waals surface area (Å²) in [7, 11) is 0. The van der Waals surface area contributed by atoms with Crippen molar-refractivity contribution in [2.45, 2.75) is 45.1 Å². The summed E-state index contributed by atoms with van der Waals surface area (Å²) in [5.41, 5.74) is 0. The Balaban J connectivity index is 1.84. The Kier molecular flexibility index (Phi) is 3.45. The van der Waals surface area contributed by atoms with Crippen LogP contribution in [-0.4, -0.2) is 35.7 Å². The second-order valence-corrected chi connectivity index (χ2v) is 5.26. The zero-order valence-electron chi connectivity index (χ0n) is 9.28. The Hall–Kier alpha value is -0.0800. The monoisotopic (exact) mass is 197 g/mol. The van der Waals surface area contributed by atoms with E-state index >= 15 is 0 Å². The van der Waals surface area contributed by atoms with Crippen molar-refractivity contribution in [2.75, 3.05) is 19.7 Å². The fraction of sp³-hybridized carbons (Fsp3) is 1.00. The largest absolute Gasteiger partial charge is 0.396 e. The van der Waals surface area contributed by atoms with Crippen LogP contribution in [0.2, 0.25) is 0 Å². The molecule has 1 heterocycles. The normalized spacial score (nSPS) is 40.3. The molecule has 0 aromatic rings. The van der Waals surface area contributed by atoms with Gasteiger partial charge in [0.15, 0.2) is 0 Å². The lowest BCUT2D eigenvalue weighted by Gasteiger charge is -2.36. The van der Waals surface area contributed by atoms with Gasteiger partial charge in [0.25, 0.3) is 0 Å². The van der Waals surface area contributed by atoms with Crippen LogP contribution in [0.5, 0.6) is 0 Å². The van der Waals surface area contributed by atoms with Gasteiger partial charge in [-0.05, 0) is 50.5 Å².